The van der Waals surface area contributed by atoms with Crippen LogP contribution in [0.4, 0.5) is 5.69 Å². The number of benzene rings is 3. The Morgan fingerprint density at radius 2 is 1.41 bits per heavy atom. The largest absolute Gasteiger partial charge is 0.497 e. The normalized spacial score (nSPS) is 11.5. The van der Waals surface area contributed by atoms with Crippen LogP contribution in [-0.2, 0) is 10.1 Å². The SMILES string of the molecule is COc1ccc(N=Cc2ccc(OS(=O)(=O)c3ccc(C)cc3)cc2)cc1. The molecule has 138 valence electrons. The van der Waals surface area contributed by atoms with Crippen LogP contribution in [0.15, 0.2) is 82.7 Å². The molecule has 0 aromatic heterocycles. The monoisotopic (exact) mass is 381 g/mol. The maximum atomic E-state index is 12.3. The molecule has 0 amide bonds. The number of rotatable bonds is 6. The highest BCUT2D eigenvalue weighted by Crippen LogP contribution is 2.20. The summed E-state index contributed by atoms with van der Waals surface area (Å²) in [5.41, 5.74) is 2.60. The van der Waals surface area contributed by atoms with Gasteiger partial charge in [-0.3, -0.25) is 4.99 Å². The van der Waals surface area contributed by atoms with Crippen LogP contribution in [0.1, 0.15) is 11.1 Å². The zero-order chi connectivity index (χ0) is 19.3. The van der Waals surface area contributed by atoms with Gasteiger partial charge in [0.2, 0.25) is 0 Å². The third-order valence-electron chi connectivity index (χ3n) is 3.83. The Kier molecular flexibility index (Phi) is 5.57. The van der Waals surface area contributed by atoms with E-state index in [0.717, 1.165) is 22.6 Å². The summed E-state index contributed by atoms with van der Waals surface area (Å²) in [6, 6.07) is 20.6. The van der Waals surface area contributed by atoms with E-state index in [1.165, 1.54) is 12.1 Å². The molecule has 0 spiro atoms. The van der Waals surface area contributed by atoms with Crippen molar-refractivity contribution in [2.24, 2.45) is 4.99 Å². The maximum absolute atomic E-state index is 12.3. The summed E-state index contributed by atoms with van der Waals surface area (Å²) >= 11 is 0. The minimum atomic E-state index is -3.85. The van der Waals surface area contributed by atoms with E-state index in [-0.39, 0.29) is 10.6 Å². The molecule has 0 atom stereocenters. The predicted octanol–water partition coefficient (Wildman–Crippen LogP) is 4.52. The van der Waals surface area contributed by atoms with Gasteiger partial charge >= 0.3 is 10.1 Å². The molecule has 0 saturated carbocycles. The Hall–Kier alpha value is -3.12. The van der Waals surface area contributed by atoms with Crippen LogP contribution in [-0.4, -0.2) is 21.7 Å². The van der Waals surface area contributed by atoms with Crippen molar-refractivity contribution in [1.29, 1.82) is 0 Å². The van der Waals surface area contributed by atoms with E-state index in [1.54, 1.807) is 49.7 Å². The summed E-state index contributed by atoms with van der Waals surface area (Å²) in [6.45, 7) is 1.89. The Labute approximate surface area is 159 Å². The molecular formula is C21H19NO4S. The number of aliphatic imine (C=N–C) groups is 1. The van der Waals surface area contributed by atoms with Crippen molar-refractivity contribution in [3.8, 4) is 11.5 Å². The summed E-state index contributed by atoms with van der Waals surface area (Å²) in [4.78, 5) is 4.50. The quantitative estimate of drug-likeness (QED) is 0.465. The number of ether oxygens (including phenoxy) is 1. The summed E-state index contributed by atoms with van der Waals surface area (Å²) in [6.07, 6.45) is 1.69. The number of hydrogen-bond donors (Lipinski definition) is 0. The van der Waals surface area contributed by atoms with Crippen molar-refractivity contribution in [1.82, 2.24) is 0 Å². The standard InChI is InChI=1S/C21H19NO4S/c1-16-3-13-21(14-4-16)27(23,24)26-20-9-5-17(6-10-20)15-22-18-7-11-19(25-2)12-8-18/h3-15H,1-2H3. The van der Waals surface area contributed by atoms with Gasteiger partial charge in [-0.15, -0.1) is 0 Å². The topological polar surface area (TPSA) is 65.0 Å². The van der Waals surface area contributed by atoms with Gasteiger partial charge in [-0.2, -0.15) is 8.42 Å². The maximum Gasteiger partial charge on any atom is 0.339 e. The fraction of sp³-hybridized carbons (Fsp3) is 0.0952. The second-order valence-corrected chi connectivity index (χ2v) is 7.42. The Morgan fingerprint density at radius 1 is 0.815 bits per heavy atom. The van der Waals surface area contributed by atoms with Gasteiger partial charge in [-0.1, -0.05) is 17.7 Å². The second-order valence-electron chi connectivity index (χ2n) is 5.88. The first-order chi connectivity index (χ1) is 13.0. The number of nitrogens with zero attached hydrogens (tertiary/aromatic N) is 1. The highest BCUT2D eigenvalue weighted by atomic mass is 32.2. The second kappa shape index (κ2) is 8.05. The van der Waals surface area contributed by atoms with Crippen molar-refractivity contribution in [3.63, 3.8) is 0 Å². The molecule has 0 aliphatic carbocycles. The summed E-state index contributed by atoms with van der Waals surface area (Å²) in [5, 5.41) is 0. The highest BCUT2D eigenvalue weighted by Gasteiger charge is 2.16. The summed E-state index contributed by atoms with van der Waals surface area (Å²) < 4.78 is 34.9. The molecule has 0 bridgehead atoms. The van der Waals surface area contributed by atoms with Gasteiger partial charge in [0, 0.05) is 6.21 Å². The fourth-order valence-corrected chi connectivity index (χ4v) is 3.24. The molecule has 5 nitrogen and oxygen atoms in total. The lowest BCUT2D eigenvalue weighted by molar-refractivity contribution is 0.415. The Balaban J connectivity index is 1.69. The molecule has 0 radical (unpaired) electrons. The van der Waals surface area contributed by atoms with Gasteiger partial charge in [0.15, 0.2) is 0 Å². The molecule has 0 heterocycles. The van der Waals surface area contributed by atoms with Gasteiger partial charge in [0.05, 0.1) is 12.8 Å². The van der Waals surface area contributed by atoms with Crippen molar-refractivity contribution in [2.45, 2.75) is 11.8 Å². The van der Waals surface area contributed by atoms with E-state index < -0.39 is 10.1 Å². The molecule has 6 heteroatoms. The van der Waals surface area contributed by atoms with E-state index in [4.69, 9.17) is 8.92 Å². The van der Waals surface area contributed by atoms with Crippen LogP contribution in [0, 0.1) is 6.92 Å². The van der Waals surface area contributed by atoms with E-state index >= 15 is 0 Å². The molecule has 27 heavy (non-hydrogen) atoms. The molecule has 3 aromatic carbocycles. The fourth-order valence-electron chi connectivity index (χ4n) is 2.31. The third kappa shape index (κ3) is 4.95. The van der Waals surface area contributed by atoms with Crippen LogP contribution in [0.3, 0.4) is 0 Å². The smallest absolute Gasteiger partial charge is 0.339 e. The molecule has 0 unspecified atom stereocenters. The first-order valence-electron chi connectivity index (χ1n) is 8.26. The van der Waals surface area contributed by atoms with Crippen LogP contribution < -0.4 is 8.92 Å². The van der Waals surface area contributed by atoms with Crippen molar-refractivity contribution in [2.75, 3.05) is 7.11 Å². The molecule has 0 saturated heterocycles. The van der Waals surface area contributed by atoms with Crippen molar-refractivity contribution < 1.29 is 17.3 Å². The van der Waals surface area contributed by atoms with E-state index in [0.29, 0.717) is 0 Å². The summed E-state index contributed by atoms with van der Waals surface area (Å²) in [5.74, 6) is 1.02. The molecule has 0 aliphatic heterocycles. The first-order valence-corrected chi connectivity index (χ1v) is 9.66. The van der Waals surface area contributed by atoms with Crippen LogP contribution >= 0.6 is 0 Å². The van der Waals surface area contributed by atoms with Gasteiger partial charge in [-0.05, 0) is 73.2 Å². The van der Waals surface area contributed by atoms with Crippen LogP contribution in [0.5, 0.6) is 11.5 Å². The van der Waals surface area contributed by atoms with E-state index in [9.17, 15) is 8.42 Å². The molecule has 3 rings (SSSR count). The molecular weight excluding hydrogens is 362 g/mol. The number of aryl methyl sites for hydroxylation is 1. The van der Waals surface area contributed by atoms with Gasteiger partial charge in [0.1, 0.15) is 16.4 Å². The highest BCUT2D eigenvalue weighted by molar-refractivity contribution is 7.87. The minimum Gasteiger partial charge on any atom is -0.497 e. The lowest BCUT2D eigenvalue weighted by Crippen LogP contribution is -2.09. The van der Waals surface area contributed by atoms with Crippen molar-refractivity contribution in [3.05, 3.63) is 83.9 Å². The van der Waals surface area contributed by atoms with Gasteiger partial charge in [0.25, 0.3) is 0 Å². The minimum absolute atomic E-state index is 0.123. The van der Waals surface area contributed by atoms with E-state index in [2.05, 4.69) is 4.99 Å². The summed E-state index contributed by atoms with van der Waals surface area (Å²) in [7, 11) is -2.24. The zero-order valence-corrected chi connectivity index (χ0v) is 15.8. The van der Waals surface area contributed by atoms with Crippen LogP contribution in [0.2, 0.25) is 0 Å². The number of methoxy groups -OCH3 is 1. The third-order valence-corrected chi connectivity index (χ3v) is 5.09. The Bertz CT molecular complexity index is 1020. The lowest BCUT2D eigenvalue weighted by atomic mass is 10.2. The van der Waals surface area contributed by atoms with Gasteiger partial charge < -0.3 is 8.92 Å². The van der Waals surface area contributed by atoms with Gasteiger partial charge in [-0.25, -0.2) is 0 Å². The Morgan fingerprint density at radius 3 is 2.00 bits per heavy atom. The van der Waals surface area contributed by atoms with Crippen LogP contribution in [0.25, 0.3) is 0 Å². The zero-order valence-electron chi connectivity index (χ0n) is 15.0. The number of hydrogen-bond acceptors (Lipinski definition) is 5. The molecule has 3 aromatic rings. The average molecular weight is 381 g/mol. The van der Waals surface area contributed by atoms with Crippen molar-refractivity contribution >= 4 is 22.0 Å². The predicted molar refractivity (Wildman–Crippen MR) is 106 cm³/mol. The average Bonchev–Trinajstić information content (AvgIpc) is 2.68. The molecule has 0 aliphatic rings. The molecule has 0 N–H and O–H groups in total. The molecule has 0 fully saturated rings. The first kappa shape index (κ1) is 18.7. The lowest BCUT2D eigenvalue weighted by Gasteiger charge is -2.07. The van der Waals surface area contributed by atoms with E-state index in [1.807, 2.05) is 31.2 Å².